The largest absolute Gasteiger partial charge is 0.310 e. The molecule has 4 heteroatoms. The summed E-state index contributed by atoms with van der Waals surface area (Å²) in [5, 5.41) is 2.39. The molecule has 0 bridgehead atoms. The van der Waals surface area contributed by atoms with Gasteiger partial charge in [0.25, 0.3) is 0 Å². The van der Waals surface area contributed by atoms with Gasteiger partial charge < -0.3 is 9.80 Å². The van der Waals surface area contributed by atoms with E-state index in [1.807, 2.05) is 0 Å². The summed E-state index contributed by atoms with van der Waals surface area (Å²) in [4.78, 5) is 4.82. The lowest BCUT2D eigenvalue weighted by Gasteiger charge is -2.32. The summed E-state index contributed by atoms with van der Waals surface area (Å²) in [6, 6.07) is 40.4. The average Bonchev–Trinajstić information content (AvgIpc) is 3.04. The van der Waals surface area contributed by atoms with Crippen LogP contribution in [0.15, 0.2) is 118 Å². The van der Waals surface area contributed by atoms with E-state index >= 15 is 0 Å². The monoisotopic (exact) mass is 786 g/mol. The third-order valence-electron chi connectivity index (χ3n) is 9.65. The third kappa shape index (κ3) is 7.29. The van der Waals surface area contributed by atoms with Crippen LogP contribution in [-0.4, -0.2) is 0 Å². The van der Waals surface area contributed by atoms with Crippen molar-refractivity contribution in [3.63, 3.8) is 0 Å². The molecule has 0 fully saturated rings. The van der Waals surface area contributed by atoms with Crippen LogP contribution in [0.1, 0.15) is 74.9 Å². The van der Waals surface area contributed by atoms with Crippen LogP contribution < -0.4 is 9.80 Å². The molecule has 6 rings (SSSR count). The predicted octanol–water partition coefficient (Wildman–Crippen LogP) is 15.1. The van der Waals surface area contributed by atoms with Gasteiger partial charge in [-0.2, -0.15) is 0 Å². The molecule has 0 saturated heterocycles. The van der Waals surface area contributed by atoms with Gasteiger partial charge in [0.05, 0.1) is 11.4 Å². The number of benzene rings is 6. The highest BCUT2D eigenvalue weighted by atomic mass is 79.9. The van der Waals surface area contributed by atoms with Crippen LogP contribution in [-0.2, 0) is 10.8 Å². The van der Waals surface area contributed by atoms with E-state index in [0.29, 0.717) is 0 Å². The summed E-state index contributed by atoms with van der Waals surface area (Å²) >= 11 is 7.30. The molecule has 50 heavy (non-hydrogen) atoms. The van der Waals surface area contributed by atoms with Crippen molar-refractivity contribution in [2.24, 2.45) is 0 Å². The van der Waals surface area contributed by atoms with E-state index in [4.69, 9.17) is 0 Å². The minimum Gasteiger partial charge on any atom is -0.310 e. The Morgan fingerprint density at radius 1 is 0.380 bits per heavy atom. The van der Waals surface area contributed by atoms with Gasteiger partial charge in [0.1, 0.15) is 0 Å². The zero-order valence-corrected chi connectivity index (χ0v) is 34.2. The van der Waals surface area contributed by atoms with Crippen LogP contribution >= 0.6 is 31.9 Å². The molecule has 256 valence electrons. The Bertz CT molecular complexity index is 1980. The Morgan fingerprint density at radius 3 is 0.940 bits per heavy atom. The van der Waals surface area contributed by atoms with E-state index in [9.17, 15) is 0 Å². The van der Waals surface area contributed by atoms with Crippen molar-refractivity contribution in [3.8, 4) is 0 Å². The molecule has 0 aliphatic rings. The number of nitrogens with zero attached hydrogens (tertiary/aromatic N) is 2. The smallest absolute Gasteiger partial charge is 0.0520 e. The molecule has 0 radical (unpaired) electrons. The van der Waals surface area contributed by atoms with Gasteiger partial charge in [0, 0.05) is 31.7 Å². The molecular weight excluding hydrogens is 740 g/mol. The van der Waals surface area contributed by atoms with Gasteiger partial charge in [-0.05, 0) is 155 Å². The van der Waals surface area contributed by atoms with Gasteiger partial charge in [-0.15, -0.1) is 0 Å². The molecule has 0 heterocycles. The summed E-state index contributed by atoms with van der Waals surface area (Å²) in [5.41, 5.74) is 14.9. The highest BCUT2D eigenvalue weighted by Crippen LogP contribution is 2.44. The number of anilines is 6. The van der Waals surface area contributed by atoms with E-state index in [1.165, 1.54) is 55.5 Å². The van der Waals surface area contributed by atoms with Crippen molar-refractivity contribution in [1.82, 2.24) is 0 Å². The third-order valence-corrected chi connectivity index (χ3v) is 10.7. The molecule has 0 aliphatic carbocycles. The predicted molar refractivity (Wildman–Crippen MR) is 225 cm³/mol. The molecule has 2 nitrogen and oxygen atoms in total. The Kier molecular flexibility index (Phi) is 9.85. The molecule has 0 aliphatic heterocycles. The number of fused-ring (bicyclic) bond motifs is 1. The molecule has 0 aromatic heterocycles. The van der Waals surface area contributed by atoms with Crippen molar-refractivity contribution in [2.45, 2.75) is 80.1 Å². The van der Waals surface area contributed by atoms with Crippen LogP contribution in [0.3, 0.4) is 0 Å². The Hall–Kier alpha value is -3.86. The van der Waals surface area contributed by atoms with Crippen LogP contribution in [0.4, 0.5) is 34.1 Å². The normalized spacial score (nSPS) is 12.0. The lowest BCUT2D eigenvalue weighted by atomic mass is 9.84. The molecule has 0 spiro atoms. The lowest BCUT2D eigenvalue weighted by Crippen LogP contribution is -2.16. The Morgan fingerprint density at radius 2 is 0.660 bits per heavy atom. The van der Waals surface area contributed by atoms with Gasteiger partial charge >= 0.3 is 0 Å². The summed E-state index contributed by atoms with van der Waals surface area (Å²) < 4.78 is 2.13. The molecular formula is C46H48Br2N2. The van der Waals surface area contributed by atoms with Crippen molar-refractivity contribution in [1.29, 1.82) is 0 Å². The number of rotatable bonds is 6. The number of hydrogen-bond donors (Lipinski definition) is 0. The molecule has 0 atom stereocenters. The molecule has 0 amide bonds. The number of aryl methyl sites for hydroxylation is 4. The molecule has 6 aromatic rings. The fourth-order valence-corrected chi connectivity index (χ4v) is 7.51. The van der Waals surface area contributed by atoms with Gasteiger partial charge in [0.2, 0.25) is 0 Å². The quantitative estimate of drug-likeness (QED) is 0.166. The minimum absolute atomic E-state index is 0.0764. The first kappa shape index (κ1) is 35.9. The molecule has 0 N–H and O–H groups in total. The summed E-state index contributed by atoms with van der Waals surface area (Å²) in [5.74, 6) is 0. The standard InChI is InChI=1S/C46H48Br2N2/c1-29-23-35(45(5,6)7)24-30(2)43(29)49(39-19-13-37(47)14-20-39)41-17-11-34-28-42(18-12-33(34)27-41)50(40-21-15-38(48)16-22-40)44-31(3)25-36(26-32(44)4)46(8,9)10/h11-28H,1-10H3. The van der Waals surface area contributed by atoms with Gasteiger partial charge in [0.15, 0.2) is 0 Å². The maximum absolute atomic E-state index is 3.65. The molecule has 6 aromatic carbocycles. The molecule has 0 unspecified atom stereocenters. The van der Waals surface area contributed by atoms with E-state index in [1.54, 1.807) is 0 Å². The Balaban J connectivity index is 1.50. The summed E-state index contributed by atoms with van der Waals surface area (Å²) in [6.45, 7) is 22.7. The van der Waals surface area contributed by atoms with E-state index in [-0.39, 0.29) is 10.8 Å². The van der Waals surface area contributed by atoms with Crippen molar-refractivity contribution in [2.75, 3.05) is 9.80 Å². The SMILES string of the molecule is Cc1cc(C(C)(C)C)cc(C)c1N(c1ccc(Br)cc1)c1ccc2cc(N(c3ccc(Br)cc3)c3c(C)cc(C(C)(C)C)cc3C)ccc2c1. The average molecular weight is 789 g/mol. The zero-order chi connectivity index (χ0) is 36.1. The fourth-order valence-electron chi connectivity index (χ4n) is 6.98. The second-order valence-corrected chi connectivity index (χ2v) is 17.6. The second-order valence-electron chi connectivity index (χ2n) is 15.8. The second kappa shape index (κ2) is 13.7. The first-order chi connectivity index (χ1) is 23.5. The van der Waals surface area contributed by atoms with Crippen molar-refractivity contribution < 1.29 is 0 Å². The highest BCUT2D eigenvalue weighted by Gasteiger charge is 2.24. The number of halogens is 2. The maximum atomic E-state index is 3.65. The minimum atomic E-state index is 0.0764. The van der Waals surface area contributed by atoms with E-state index in [0.717, 1.165) is 31.7 Å². The number of hydrogen-bond acceptors (Lipinski definition) is 2. The summed E-state index contributed by atoms with van der Waals surface area (Å²) in [7, 11) is 0. The van der Waals surface area contributed by atoms with Crippen LogP contribution in [0.25, 0.3) is 10.8 Å². The van der Waals surface area contributed by atoms with Gasteiger partial charge in [-0.1, -0.05) is 110 Å². The first-order valence-electron chi connectivity index (χ1n) is 17.4. The fraction of sp³-hybridized carbons (Fsp3) is 0.261. The topological polar surface area (TPSA) is 6.48 Å². The van der Waals surface area contributed by atoms with E-state index < -0.39 is 0 Å². The first-order valence-corrected chi connectivity index (χ1v) is 19.0. The van der Waals surface area contributed by atoms with Crippen LogP contribution in [0.2, 0.25) is 0 Å². The molecule has 0 saturated carbocycles. The summed E-state index contributed by atoms with van der Waals surface area (Å²) in [6.07, 6.45) is 0. The lowest BCUT2D eigenvalue weighted by molar-refractivity contribution is 0.589. The highest BCUT2D eigenvalue weighted by molar-refractivity contribution is 9.10. The Labute approximate surface area is 316 Å². The maximum Gasteiger partial charge on any atom is 0.0520 e. The van der Waals surface area contributed by atoms with Crippen LogP contribution in [0.5, 0.6) is 0 Å². The van der Waals surface area contributed by atoms with Gasteiger partial charge in [-0.25, -0.2) is 0 Å². The van der Waals surface area contributed by atoms with Crippen molar-refractivity contribution in [3.05, 3.63) is 152 Å². The van der Waals surface area contributed by atoms with Crippen LogP contribution in [0, 0.1) is 27.7 Å². The van der Waals surface area contributed by atoms with Gasteiger partial charge in [-0.3, -0.25) is 0 Å². The zero-order valence-electron chi connectivity index (χ0n) is 31.0. The van der Waals surface area contributed by atoms with E-state index in [2.05, 4.69) is 220 Å². The van der Waals surface area contributed by atoms with Crippen molar-refractivity contribution >= 4 is 76.8 Å².